The maximum atomic E-state index is 12.1. The van der Waals surface area contributed by atoms with E-state index in [-0.39, 0.29) is 25.5 Å². The number of nitrogens with one attached hydrogen (secondary N) is 1. The number of aliphatic hydroxyl groups excluding tert-OH is 2. The second-order valence-electron chi connectivity index (χ2n) is 5.07. The van der Waals surface area contributed by atoms with E-state index in [0.717, 1.165) is 10.4 Å². The Bertz CT molecular complexity index is 796. The van der Waals surface area contributed by atoms with Gasteiger partial charge in [-0.05, 0) is 18.2 Å². The number of hydrogen-bond donors (Lipinski definition) is 3. The molecule has 0 atom stereocenters. The van der Waals surface area contributed by atoms with Gasteiger partial charge in [-0.25, -0.2) is 4.98 Å². The lowest BCUT2D eigenvalue weighted by Gasteiger charge is -2.13. The quantitative estimate of drug-likeness (QED) is 0.631. The fourth-order valence-electron chi connectivity index (χ4n) is 2.49. The molecule has 23 heavy (non-hydrogen) atoms. The van der Waals surface area contributed by atoms with Crippen LogP contribution in [0.2, 0.25) is 0 Å². The number of hydrogen-bond acceptors (Lipinski definition) is 6. The molecule has 0 saturated carbocycles. The molecule has 2 amide bonds. The van der Waals surface area contributed by atoms with Crippen LogP contribution in [-0.4, -0.2) is 56.2 Å². The minimum atomic E-state index is -0.463. The van der Waals surface area contributed by atoms with Gasteiger partial charge >= 0.3 is 0 Å². The van der Waals surface area contributed by atoms with Crippen LogP contribution in [0.3, 0.4) is 0 Å². The van der Waals surface area contributed by atoms with E-state index in [0.29, 0.717) is 17.7 Å². The summed E-state index contributed by atoms with van der Waals surface area (Å²) >= 11 is 0. The van der Waals surface area contributed by atoms with E-state index < -0.39 is 11.8 Å². The number of aromatic nitrogens is 2. The molecule has 2 aromatic rings. The van der Waals surface area contributed by atoms with Crippen LogP contribution < -0.4 is 5.32 Å². The summed E-state index contributed by atoms with van der Waals surface area (Å²) in [6, 6.07) is 5.36. The van der Waals surface area contributed by atoms with E-state index in [1.165, 1.54) is 6.08 Å². The van der Waals surface area contributed by atoms with Crippen LogP contribution in [0.4, 0.5) is 5.69 Å². The first-order valence-electron chi connectivity index (χ1n) is 7.15. The third-order valence-electron chi connectivity index (χ3n) is 3.57. The lowest BCUT2D eigenvalue weighted by atomic mass is 10.2. The minimum absolute atomic E-state index is 0.0235. The predicted molar refractivity (Wildman–Crippen MR) is 82.3 cm³/mol. The Morgan fingerprint density at radius 3 is 2.65 bits per heavy atom. The maximum absolute atomic E-state index is 12.1. The number of nitrogens with zero attached hydrogens (tertiary/aromatic N) is 3. The molecule has 0 radical (unpaired) electrons. The number of amides is 2. The van der Waals surface area contributed by atoms with Crippen molar-refractivity contribution in [2.24, 2.45) is 0 Å². The van der Waals surface area contributed by atoms with Crippen LogP contribution in [0, 0.1) is 0 Å². The largest absolute Gasteiger partial charge is 0.395 e. The number of benzene rings is 1. The van der Waals surface area contributed by atoms with Crippen molar-refractivity contribution in [3.05, 3.63) is 36.3 Å². The molecular weight excluding hydrogens is 300 g/mol. The molecule has 3 N–H and O–H groups in total. The first-order valence-corrected chi connectivity index (χ1v) is 7.15. The smallest absolute Gasteiger partial charge is 0.277 e. The summed E-state index contributed by atoms with van der Waals surface area (Å²) in [6.07, 6.45) is 2.85. The van der Waals surface area contributed by atoms with E-state index in [9.17, 15) is 9.59 Å². The Morgan fingerprint density at radius 2 is 1.91 bits per heavy atom. The van der Waals surface area contributed by atoms with Crippen LogP contribution in [0.25, 0.3) is 11.0 Å². The molecule has 0 aliphatic carbocycles. The van der Waals surface area contributed by atoms with E-state index in [2.05, 4.69) is 10.3 Å². The Balaban J connectivity index is 1.81. The summed E-state index contributed by atoms with van der Waals surface area (Å²) in [5.41, 5.74) is 2.38. The fourth-order valence-corrected chi connectivity index (χ4v) is 2.49. The maximum Gasteiger partial charge on any atom is 0.277 e. The lowest BCUT2D eigenvalue weighted by Crippen LogP contribution is -2.34. The predicted octanol–water partition coefficient (Wildman–Crippen LogP) is -0.315. The standard InChI is InChI=1S/C15H16N4O4/c20-5-3-18-9-16-11-7-10(1-2-13(11)18)17-12-8-14(22)19(4-6-21)15(12)23/h1-2,7-9,17,20-21H,3-6H2. The number of imidazole rings is 1. The van der Waals surface area contributed by atoms with Crippen molar-refractivity contribution in [1.82, 2.24) is 14.5 Å². The summed E-state index contributed by atoms with van der Waals surface area (Å²) in [6.45, 7) is 0.185. The molecule has 8 heteroatoms. The molecule has 0 spiro atoms. The van der Waals surface area contributed by atoms with Gasteiger partial charge in [-0.1, -0.05) is 0 Å². The molecular formula is C15H16N4O4. The zero-order chi connectivity index (χ0) is 16.4. The van der Waals surface area contributed by atoms with Gasteiger partial charge in [0.2, 0.25) is 0 Å². The molecule has 1 aliphatic rings. The SMILES string of the molecule is O=C1C=C(Nc2ccc3c(c2)ncn3CCO)C(=O)N1CCO. The van der Waals surface area contributed by atoms with Crippen molar-refractivity contribution < 1.29 is 19.8 Å². The minimum Gasteiger partial charge on any atom is -0.395 e. The number of carbonyl (C=O) groups is 2. The molecule has 0 bridgehead atoms. The van der Waals surface area contributed by atoms with E-state index in [4.69, 9.17) is 10.2 Å². The molecule has 8 nitrogen and oxygen atoms in total. The van der Waals surface area contributed by atoms with Crippen LogP contribution in [0.5, 0.6) is 0 Å². The Morgan fingerprint density at radius 1 is 1.13 bits per heavy atom. The fraction of sp³-hybridized carbons (Fsp3) is 0.267. The Labute approximate surface area is 131 Å². The van der Waals surface area contributed by atoms with Crippen LogP contribution in [-0.2, 0) is 16.1 Å². The first-order chi connectivity index (χ1) is 11.1. The highest BCUT2D eigenvalue weighted by atomic mass is 16.3. The van der Waals surface area contributed by atoms with Crippen molar-refractivity contribution in [3.63, 3.8) is 0 Å². The molecule has 2 heterocycles. The van der Waals surface area contributed by atoms with Gasteiger partial charge in [0, 0.05) is 18.3 Å². The normalized spacial score (nSPS) is 14.7. The van der Waals surface area contributed by atoms with Gasteiger partial charge in [0.25, 0.3) is 11.8 Å². The van der Waals surface area contributed by atoms with Crippen molar-refractivity contribution in [2.45, 2.75) is 6.54 Å². The number of fused-ring (bicyclic) bond motifs is 1. The number of aliphatic hydroxyl groups is 2. The second kappa shape index (κ2) is 6.19. The van der Waals surface area contributed by atoms with Gasteiger partial charge in [-0.3, -0.25) is 14.5 Å². The van der Waals surface area contributed by atoms with Crippen LogP contribution >= 0.6 is 0 Å². The zero-order valence-electron chi connectivity index (χ0n) is 12.3. The average Bonchev–Trinajstić information content (AvgIpc) is 3.04. The van der Waals surface area contributed by atoms with E-state index >= 15 is 0 Å². The number of imide groups is 1. The number of anilines is 1. The van der Waals surface area contributed by atoms with Gasteiger partial charge in [0.05, 0.1) is 37.1 Å². The topological polar surface area (TPSA) is 108 Å². The van der Waals surface area contributed by atoms with Gasteiger partial charge in [0.1, 0.15) is 5.70 Å². The van der Waals surface area contributed by atoms with Gasteiger partial charge in [-0.2, -0.15) is 0 Å². The number of carbonyl (C=O) groups excluding carboxylic acids is 2. The van der Waals surface area contributed by atoms with Crippen molar-refractivity contribution >= 4 is 28.5 Å². The zero-order valence-corrected chi connectivity index (χ0v) is 12.3. The molecule has 0 saturated heterocycles. The monoisotopic (exact) mass is 316 g/mol. The van der Waals surface area contributed by atoms with Crippen LogP contribution in [0.1, 0.15) is 0 Å². The summed E-state index contributed by atoms with van der Waals surface area (Å²) in [7, 11) is 0. The third kappa shape index (κ3) is 2.81. The highest BCUT2D eigenvalue weighted by Crippen LogP contribution is 2.21. The number of rotatable bonds is 6. The number of β-amino-alcohol motifs (C(OH)–C–C–N with tert-alkyl or cyclic N) is 1. The van der Waals surface area contributed by atoms with E-state index in [1.807, 2.05) is 10.6 Å². The van der Waals surface area contributed by atoms with Gasteiger partial charge < -0.3 is 20.1 Å². The van der Waals surface area contributed by atoms with Gasteiger partial charge in [-0.15, -0.1) is 0 Å². The van der Waals surface area contributed by atoms with Crippen molar-refractivity contribution in [1.29, 1.82) is 0 Å². The third-order valence-corrected chi connectivity index (χ3v) is 3.57. The molecule has 120 valence electrons. The summed E-state index contributed by atoms with van der Waals surface area (Å²) in [5.74, 6) is -0.908. The molecule has 1 aromatic heterocycles. The molecule has 0 unspecified atom stereocenters. The van der Waals surface area contributed by atoms with Crippen molar-refractivity contribution in [2.75, 3.05) is 25.1 Å². The summed E-state index contributed by atoms with van der Waals surface area (Å²) in [5, 5.41) is 20.8. The summed E-state index contributed by atoms with van der Waals surface area (Å²) < 4.78 is 1.83. The molecule has 0 fully saturated rings. The van der Waals surface area contributed by atoms with Crippen LogP contribution in [0.15, 0.2) is 36.3 Å². The van der Waals surface area contributed by atoms with E-state index in [1.54, 1.807) is 18.5 Å². The van der Waals surface area contributed by atoms with Crippen molar-refractivity contribution in [3.8, 4) is 0 Å². The summed E-state index contributed by atoms with van der Waals surface area (Å²) in [4.78, 5) is 29.0. The molecule has 1 aliphatic heterocycles. The first kappa shape index (κ1) is 15.2. The molecule has 1 aromatic carbocycles. The Kier molecular flexibility index (Phi) is 4.09. The average molecular weight is 316 g/mol. The lowest BCUT2D eigenvalue weighted by molar-refractivity contribution is -0.137. The molecule has 3 rings (SSSR count). The van der Waals surface area contributed by atoms with Gasteiger partial charge in [0.15, 0.2) is 0 Å². The Hall–Kier alpha value is -2.71. The highest BCUT2D eigenvalue weighted by molar-refractivity contribution is 6.17. The highest BCUT2D eigenvalue weighted by Gasteiger charge is 2.30. The second-order valence-corrected chi connectivity index (χ2v) is 5.07.